The van der Waals surface area contributed by atoms with Gasteiger partial charge in [-0.25, -0.2) is 13.1 Å². The summed E-state index contributed by atoms with van der Waals surface area (Å²) in [4.78, 5) is 11.0. The Bertz CT molecular complexity index is 696. The fraction of sp³-hybridized carbons (Fsp3) is 0.300. The van der Waals surface area contributed by atoms with E-state index in [-0.39, 0.29) is 17.9 Å². The van der Waals surface area contributed by atoms with Crippen molar-refractivity contribution in [3.63, 3.8) is 0 Å². The second kappa shape index (κ2) is 5.59. The summed E-state index contributed by atoms with van der Waals surface area (Å²) in [6.45, 7) is -0.0248. The van der Waals surface area contributed by atoms with Crippen LogP contribution in [0.3, 0.4) is 0 Å². The molecule has 1 aromatic carbocycles. The van der Waals surface area contributed by atoms with Crippen molar-refractivity contribution in [2.75, 3.05) is 13.7 Å². The van der Waals surface area contributed by atoms with E-state index in [1.165, 1.54) is 13.2 Å². The highest BCUT2D eigenvalue weighted by molar-refractivity contribution is 7.89. The summed E-state index contributed by atoms with van der Waals surface area (Å²) in [5.41, 5.74) is 0.860. The number of aromatic nitrogens is 2. The zero-order valence-electron chi connectivity index (χ0n) is 9.99. The molecule has 0 radical (unpaired) electrons. The van der Waals surface area contributed by atoms with Crippen molar-refractivity contribution in [3.05, 3.63) is 18.2 Å². The molecule has 0 saturated carbocycles. The minimum absolute atomic E-state index is 0.0248. The Balaban J connectivity index is 2.20. The lowest BCUT2D eigenvalue weighted by atomic mass is 10.3. The standard InChI is InChI=1S/C10H11N3O4S2/c1-17-9(14)5-6-11-19(15,16)8-4-2-3-7-10(8)13-18-12-7/h2-4,11H,5-6H2,1H3. The Morgan fingerprint density at radius 1 is 1.42 bits per heavy atom. The van der Waals surface area contributed by atoms with Gasteiger partial charge in [-0.1, -0.05) is 6.07 Å². The lowest BCUT2D eigenvalue weighted by Crippen LogP contribution is -2.26. The van der Waals surface area contributed by atoms with Crippen molar-refractivity contribution in [2.24, 2.45) is 0 Å². The second-order valence-electron chi connectivity index (χ2n) is 3.61. The Morgan fingerprint density at radius 2 is 2.21 bits per heavy atom. The van der Waals surface area contributed by atoms with Crippen molar-refractivity contribution in [3.8, 4) is 0 Å². The van der Waals surface area contributed by atoms with Crippen LogP contribution in [-0.2, 0) is 19.6 Å². The molecule has 9 heteroatoms. The average molecular weight is 301 g/mol. The van der Waals surface area contributed by atoms with Crippen LogP contribution in [0.15, 0.2) is 23.1 Å². The van der Waals surface area contributed by atoms with Crippen LogP contribution in [0.5, 0.6) is 0 Å². The van der Waals surface area contributed by atoms with Crippen molar-refractivity contribution >= 4 is 38.8 Å². The number of carbonyl (C=O) groups excluding carboxylic acids is 1. The topological polar surface area (TPSA) is 98.2 Å². The highest BCUT2D eigenvalue weighted by Gasteiger charge is 2.19. The third kappa shape index (κ3) is 3.06. The molecule has 0 amide bonds. The van der Waals surface area contributed by atoms with Crippen LogP contribution in [0.25, 0.3) is 11.0 Å². The van der Waals surface area contributed by atoms with Crippen molar-refractivity contribution < 1.29 is 17.9 Å². The SMILES string of the molecule is COC(=O)CCNS(=O)(=O)c1cccc2nsnc12. The van der Waals surface area contributed by atoms with E-state index >= 15 is 0 Å². The Hall–Kier alpha value is -1.58. The van der Waals surface area contributed by atoms with Gasteiger partial charge in [-0.2, -0.15) is 8.75 Å². The number of benzene rings is 1. The monoisotopic (exact) mass is 301 g/mol. The lowest BCUT2D eigenvalue weighted by Gasteiger charge is -2.06. The van der Waals surface area contributed by atoms with Crippen LogP contribution in [0.4, 0.5) is 0 Å². The second-order valence-corrected chi connectivity index (χ2v) is 5.88. The third-order valence-corrected chi connectivity index (χ3v) is 4.42. The van der Waals surface area contributed by atoms with E-state index in [0.29, 0.717) is 11.0 Å². The van der Waals surface area contributed by atoms with E-state index in [1.54, 1.807) is 12.1 Å². The number of sulfonamides is 1. The van der Waals surface area contributed by atoms with E-state index < -0.39 is 16.0 Å². The molecular weight excluding hydrogens is 290 g/mol. The highest BCUT2D eigenvalue weighted by atomic mass is 32.2. The number of methoxy groups -OCH3 is 1. The van der Waals surface area contributed by atoms with E-state index in [2.05, 4.69) is 18.2 Å². The molecule has 0 aliphatic rings. The van der Waals surface area contributed by atoms with Gasteiger partial charge < -0.3 is 4.74 Å². The van der Waals surface area contributed by atoms with Gasteiger partial charge in [0.25, 0.3) is 0 Å². The number of carbonyl (C=O) groups is 1. The molecule has 0 aliphatic heterocycles. The largest absolute Gasteiger partial charge is 0.469 e. The summed E-state index contributed by atoms with van der Waals surface area (Å²) in [6.07, 6.45) is -0.0268. The summed E-state index contributed by atoms with van der Waals surface area (Å²) in [6, 6.07) is 4.73. The molecule has 0 atom stereocenters. The quantitative estimate of drug-likeness (QED) is 0.809. The van der Waals surface area contributed by atoms with Gasteiger partial charge in [-0.05, 0) is 12.1 Å². The van der Waals surface area contributed by atoms with E-state index in [4.69, 9.17) is 0 Å². The maximum atomic E-state index is 12.1. The first-order chi connectivity index (χ1) is 9.04. The fourth-order valence-corrected chi connectivity index (χ4v) is 3.26. The zero-order valence-corrected chi connectivity index (χ0v) is 11.6. The van der Waals surface area contributed by atoms with Crippen molar-refractivity contribution in [2.45, 2.75) is 11.3 Å². The molecule has 0 bridgehead atoms. The summed E-state index contributed by atoms with van der Waals surface area (Å²) < 4.78 is 38.9. The van der Waals surface area contributed by atoms with E-state index in [0.717, 1.165) is 11.7 Å². The molecule has 0 spiro atoms. The number of nitrogens with zero attached hydrogens (tertiary/aromatic N) is 2. The summed E-state index contributed by atoms with van der Waals surface area (Å²) in [7, 11) is -2.47. The predicted molar refractivity (Wildman–Crippen MR) is 69.2 cm³/mol. The minimum Gasteiger partial charge on any atom is -0.469 e. The van der Waals surface area contributed by atoms with E-state index in [1.807, 2.05) is 0 Å². The minimum atomic E-state index is -3.71. The van der Waals surface area contributed by atoms with E-state index in [9.17, 15) is 13.2 Å². The summed E-state index contributed by atoms with van der Waals surface area (Å²) in [5, 5.41) is 0. The number of nitrogens with one attached hydrogen (secondary N) is 1. The van der Waals surface area contributed by atoms with Crippen LogP contribution in [0.1, 0.15) is 6.42 Å². The molecule has 0 unspecified atom stereocenters. The smallest absolute Gasteiger partial charge is 0.306 e. The van der Waals surface area contributed by atoms with Crippen LogP contribution in [0, 0.1) is 0 Å². The molecule has 2 aromatic rings. The van der Waals surface area contributed by atoms with Gasteiger partial charge in [-0.3, -0.25) is 4.79 Å². The highest BCUT2D eigenvalue weighted by Crippen LogP contribution is 2.20. The number of hydrogen-bond acceptors (Lipinski definition) is 7. The van der Waals surface area contributed by atoms with Crippen LogP contribution in [0.2, 0.25) is 0 Å². The number of rotatable bonds is 5. The van der Waals surface area contributed by atoms with Crippen molar-refractivity contribution in [1.29, 1.82) is 0 Å². The molecule has 0 aliphatic carbocycles. The number of esters is 1. The number of hydrogen-bond donors (Lipinski definition) is 1. The zero-order chi connectivity index (χ0) is 13.9. The molecule has 19 heavy (non-hydrogen) atoms. The molecule has 1 N–H and O–H groups in total. The van der Waals surface area contributed by atoms with Crippen LogP contribution in [-0.4, -0.2) is 36.8 Å². The van der Waals surface area contributed by atoms with Gasteiger partial charge >= 0.3 is 5.97 Å². The summed E-state index contributed by atoms with van der Waals surface area (Å²) in [5.74, 6) is -0.476. The molecule has 102 valence electrons. The van der Waals surface area contributed by atoms with Gasteiger partial charge in [0.15, 0.2) is 0 Å². The molecule has 1 heterocycles. The van der Waals surface area contributed by atoms with Crippen LogP contribution >= 0.6 is 11.7 Å². The lowest BCUT2D eigenvalue weighted by molar-refractivity contribution is -0.140. The first kappa shape index (κ1) is 13.8. The number of ether oxygens (including phenoxy) is 1. The summed E-state index contributed by atoms with van der Waals surface area (Å²) >= 11 is 0.949. The fourth-order valence-electron chi connectivity index (χ4n) is 1.47. The first-order valence-corrected chi connectivity index (χ1v) is 7.54. The van der Waals surface area contributed by atoms with Gasteiger partial charge in [0, 0.05) is 6.54 Å². The van der Waals surface area contributed by atoms with Gasteiger partial charge in [0.2, 0.25) is 10.0 Å². The molecule has 2 rings (SSSR count). The van der Waals surface area contributed by atoms with Crippen molar-refractivity contribution in [1.82, 2.24) is 13.5 Å². The maximum absolute atomic E-state index is 12.1. The molecule has 0 saturated heterocycles. The third-order valence-electron chi connectivity index (χ3n) is 2.39. The van der Waals surface area contributed by atoms with Crippen LogP contribution < -0.4 is 4.72 Å². The first-order valence-electron chi connectivity index (χ1n) is 5.32. The van der Waals surface area contributed by atoms with Gasteiger partial charge in [-0.15, -0.1) is 0 Å². The molecule has 7 nitrogen and oxygen atoms in total. The van der Waals surface area contributed by atoms with Gasteiger partial charge in [0.05, 0.1) is 25.3 Å². The molecular formula is C10H11N3O4S2. The molecule has 1 aromatic heterocycles. The maximum Gasteiger partial charge on any atom is 0.306 e. The van der Waals surface area contributed by atoms with Gasteiger partial charge in [0.1, 0.15) is 15.9 Å². The predicted octanol–water partition coefficient (Wildman–Crippen LogP) is 0.533. The molecule has 0 fully saturated rings. The number of fused-ring (bicyclic) bond motifs is 1. The Morgan fingerprint density at radius 3 is 2.95 bits per heavy atom. The Labute approximate surface area is 114 Å². The Kier molecular flexibility index (Phi) is 4.08. The normalized spacial score (nSPS) is 11.6. The average Bonchev–Trinajstić information content (AvgIpc) is 2.86.